The molecule has 35 heavy (non-hydrogen) atoms. The van der Waals surface area contributed by atoms with Gasteiger partial charge < -0.3 is 14.8 Å². The van der Waals surface area contributed by atoms with Crippen LogP contribution in [0.4, 0.5) is 5.69 Å². The minimum atomic E-state index is -0.860. The van der Waals surface area contributed by atoms with Crippen molar-refractivity contribution in [2.75, 3.05) is 20.0 Å². The van der Waals surface area contributed by atoms with E-state index in [1.54, 1.807) is 43.7 Å². The molecule has 0 aliphatic heterocycles. The smallest absolute Gasteiger partial charge is 0.339 e. The lowest BCUT2D eigenvalue weighted by Crippen LogP contribution is -2.28. The molecule has 0 aliphatic rings. The molecular formula is C25H22N2O7S. The topological polar surface area (TPSA) is 125 Å². The van der Waals surface area contributed by atoms with Gasteiger partial charge in [0.05, 0.1) is 22.5 Å². The summed E-state index contributed by atoms with van der Waals surface area (Å²) >= 11 is 1.19. The van der Waals surface area contributed by atoms with Crippen LogP contribution in [0, 0.1) is 10.1 Å². The molecule has 0 atom stereocenters. The van der Waals surface area contributed by atoms with E-state index in [0.717, 1.165) is 5.56 Å². The van der Waals surface area contributed by atoms with E-state index in [9.17, 15) is 24.5 Å². The highest BCUT2D eigenvalue weighted by molar-refractivity contribution is 7.98. The van der Waals surface area contributed by atoms with Crippen molar-refractivity contribution in [3.05, 3.63) is 99.1 Å². The van der Waals surface area contributed by atoms with Gasteiger partial charge in [0, 0.05) is 23.7 Å². The number of hydrogen-bond donors (Lipinski definition) is 1. The molecule has 0 unspecified atom stereocenters. The molecule has 10 heteroatoms. The maximum Gasteiger partial charge on any atom is 0.339 e. The van der Waals surface area contributed by atoms with Crippen molar-refractivity contribution in [2.45, 2.75) is 11.4 Å². The predicted molar refractivity (Wildman–Crippen MR) is 130 cm³/mol. The van der Waals surface area contributed by atoms with E-state index in [1.807, 2.05) is 6.07 Å². The van der Waals surface area contributed by atoms with Gasteiger partial charge in [0.15, 0.2) is 12.4 Å². The van der Waals surface area contributed by atoms with E-state index in [0.29, 0.717) is 10.6 Å². The number of nitrogens with zero attached hydrogens (tertiary/aromatic N) is 1. The fourth-order valence-corrected chi connectivity index (χ4v) is 3.78. The highest BCUT2D eigenvalue weighted by atomic mass is 32.2. The minimum Gasteiger partial charge on any atom is -0.497 e. The van der Waals surface area contributed by atoms with Gasteiger partial charge in [-0.15, -0.1) is 11.8 Å². The first-order valence-electron chi connectivity index (χ1n) is 10.4. The number of carbonyl (C=O) groups is 3. The van der Waals surface area contributed by atoms with Crippen LogP contribution < -0.4 is 10.1 Å². The van der Waals surface area contributed by atoms with E-state index >= 15 is 0 Å². The number of nitro groups is 1. The average molecular weight is 495 g/mol. The van der Waals surface area contributed by atoms with E-state index in [1.165, 1.54) is 42.1 Å². The molecule has 0 aromatic heterocycles. The van der Waals surface area contributed by atoms with Gasteiger partial charge in [-0.1, -0.05) is 30.3 Å². The number of ether oxygens (including phenoxy) is 2. The molecule has 0 bridgehead atoms. The molecular weight excluding hydrogens is 472 g/mol. The van der Waals surface area contributed by atoms with Crippen molar-refractivity contribution in [3.63, 3.8) is 0 Å². The number of nitrogens with one attached hydrogen (secondary N) is 1. The van der Waals surface area contributed by atoms with Crippen LogP contribution in [-0.4, -0.2) is 42.6 Å². The van der Waals surface area contributed by atoms with Gasteiger partial charge in [-0.05, 0) is 42.2 Å². The van der Waals surface area contributed by atoms with Crippen LogP contribution >= 0.6 is 11.8 Å². The maximum absolute atomic E-state index is 13.1. The summed E-state index contributed by atoms with van der Waals surface area (Å²) in [4.78, 5) is 49.1. The van der Waals surface area contributed by atoms with Crippen molar-refractivity contribution >= 4 is 35.1 Å². The fourth-order valence-electron chi connectivity index (χ4n) is 3.23. The Labute approximate surface area is 205 Å². The van der Waals surface area contributed by atoms with Crippen LogP contribution in [0.25, 0.3) is 0 Å². The van der Waals surface area contributed by atoms with Crippen LogP contribution in [0.5, 0.6) is 5.75 Å². The van der Waals surface area contributed by atoms with Gasteiger partial charge in [0.1, 0.15) is 5.75 Å². The Balaban J connectivity index is 1.68. The Morgan fingerprint density at radius 2 is 1.74 bits per heavy atom. The Kier molecular flexibility index (Phi) is 8.58. The molecule has 9 nitrogen and oxygen atoms in total. The third-order valence-electron chi connectivity index (χ3n) is 4.99. The summed E-state index contributed by atoms with van der Waals surface area (Å²) in [5.74, 6) is -1.30. The van der Waals surface area contributed by atoms with Crippen molar-refractivity contribution in [3.8, 4) is 5.75 Å². The zero-order chi connectivity index (χ0) is 25.4. The molecule has 0 saturated heterocycles. The summed E-state index contributed by atoms with van der Waals surface area (Å²) in [5.41, 5.74) is 0.638. The van der Waals surface area contributed by atoms with Crippen molar-refractivity contribution in [1.29, 1.82) is 0 Å². The van der Waals surface area contributed by atoms with E-state index in [-0.39, 0.29) is 28.9 Å². The van der Waals surface area contributed by atoms with Crippen LogP contribution in [-0.2, 0) is 16.1 Å². The molecule has 0 spiro atoms. The number of rotatable bonds is 10. The second-order valence-corrected chi connectivity index (χ2v) is 8.07. The second kappa shape index (κ2) is 11.8. The number of benzene rings is 3. The second-order valence-electron chi connectivity index (χ2n) is 7.22. The number of ketones is 1. The van der Waals surface area contributed by atoms with Gasteiger partial charge in [0.2, 0.25) is 0 Å². The van der Waals surface area contributed by atoms with Crippen LogP contribution in [0.15, 0.2) is 71.6 Å². The Morgan fingerprint density at radius 1 is 1.00 bits per heavy atom. The normalized spacial score (nSPS) is 10.3. The zero-order valence-electron chi connectivity index (χ0n) is 19.0. The van der Waals surface area contributed by atoms with Crippen LogP contribution in [0.2, 0.25) is 0 Å². The standard InChI is InChI=1S/C25H22N2O7S/c1-33-18-7-5-6-16(12-18)14-26-23(28)15-34-25(30)20-9-4-3-8-19(20)24(29)17-10-11-22(35-2)21(13-17)27(31)32/h3-13H,14-15H2,1-2H3,(H,26,28). The molecule has 0 saturated carbocycles. The summed E-state index contributed by atoms with van der Waals surface area (Å²) in [6.07, 6.45) is 1.70. The quantitative estimate of drug-likeness (QED) is 0.147. The molecule has 0 fully saturated rings. The highest BCUT2D eigenvalue weighted by Crippen LogP contribution is 2.29. The minimum absolute atomic E-state index is 0.0143. The summed E-state index contributed by atoms with van der Waals surface area (Å²) < 4.78 is 10.2. The van der Waals surface area contributed by atoms with E-state index in [4.69, 9.17) is 9.47 Å². The lowest BCUT2D eigenvalue weighted by Gasteiger charge is -2.10. The zero-order valence-corrected chi connectivity index (χ0v) is 19.8. The first kappa shape index (κ1) is 25.4. The molecule has 3 aromatic carbocycles. The van der Waals surface area contributed by atoms with E-state index in [2.05, 4.69) is 5.32 Å². The molecule has 0 radical (unpaired) electrons. The number of thioether (sulfide) groups is 1. The molecule has 3 aromatic rings. The van der Waals surface area contributed by atoms with Gasteiger partial charge in [-0.3, -0.25) is 19.7 Å². The largest absolute Gasteiger partial charge is 0.497 e. The molecule has 0 heterocycles. The number of hydrogen-bond acceptors (Lipinski definition) is 8. The number of amides is 1. The van der Waals surface area contributed by atoms with Gasteiger partial charge in [-0.25, -0.2) is 4.79 Å². The van der Waals surface area contributed by atoms with Gasteiger partial charge in [-0.2, -0.15) is 0 Å². The highest BCUT2D eigenvalue weighted by Gasteiger charge is 2.23. The van der Waals surface area contributed by atoms with Gasteiger partial charge in [0.25, 0.3) is 11.6 Å². The summed E-state index contributed by atoms with van der Waals surface area (Å²) in [6, 6.07) is 17.2. The lowest BCUT2D eigenvalue weighted by atomic mass is 9.98. The lowest BCUT2D eigenvalue weighted by molar-refractivity contribution is -0.387. The predicted octanol–water partition coefficient (Wildman–Crippen LogP) is 4.03. The number of methoxy groups -OCH3 is 1. The molecule has 1 N–H and O–H groups in total. The third kappa shape index (κ3) is 6.45. The molecule has 3 rings (SSSR count). The Bertz CT molecular complexity index is 1280. The van der Waals surface area contributed by atoms with Crippen molar-refractivity contribution < 1.29 is 28.8 Å². The summed E-state index contributed by atoms with van der Waals surface area (Å²) in [5, 5.41) is 14.0. The van der Waals surface area contributed by atoms with Crippen molar-refractivity contribution in [2.24, 2.45) is 0 Å². The monoisotopic (exact) mass is 494 g/mol. The summed E-state index contributed by atoms with van der Waals surface area (Å²) in [7, 11) is 1.54. The first-order valence-corrected chi connectivity index (χ1v) is 11.6. The van der Waals surface area contributed by atoms with E-state index < -0.39 is 29.2 Å². The maximum atomic E-state index is 13.1. The van der Waals surface area contributed by atoms with Gasteiger partial charge >= 0.3 is 5.97 Å². The summed E-state index contributed by atoms with van der Waals surface area (Å²) in [6.45, 7) is -0.327. The SMILES string of the molecule is COc1cccc(CNC(=O)COC(=O)c2ccccc2C(=O)c2ccc(SC)c([N+](=O)[O-])c2)c1. The van der Waals surface area contributed by atoms with Crippen molar-refractivity contribution in [1.82, 2.24) is 5.32 Å². The Hall–Kier alpha value is -4.18. The first-order chi connectivity index (χ1) is 16.8. The molecule has 180 valence electrons. The number of esters is 1. The fraction of sp³-hybridized carbons (Fsp3) is 0.160. The average Bonchev–Trinajstić information content (AvgIpc) is 2.89. The third-order valence-corrected chi connectivity index (χ3v) is 5.77. The van der Waals surface area contributed by atoms with Crippen LogP contribution in [0.1, 0.15) is 31.8 Å². The van der Waals surface area contributed by atoms with Crippen LogP contribution in [0.3, 0.4) is 0 Å². The molecule has 1 amide bonds. The number of carbonyl (C=O) groups excluding carboxylic acids is 3. The Morgan fingerprint density at radius 3 is 2.43 bits per heavy atom. The number of nitro benzene ring substituents is 1. The molecule has 0 aliphatic carbocycles.